The van der Waals surface area contributed by atoms with Crippen LogP contribution in [0.15, 0.2) is 45.9 Å². The van der Waals surface area contributed by atoms with Crippen molar-refractivity contribution >= 4 is 16.9 Å². The molecule has 1 aromatic heterocycles. The summed E-state index contributed by atoms with van der Waals surface area (Å²) < 4.78 is 16.9. The molecule has 0 saturated carbocycles. The Morgan fingerprint density at radius 1 is 1.12 bits per heavy atom. The number of benzene rings is 2. The zero-order valence-electron chi connectivity index (χ0n) is 19.7. The molecule has 1 aliphatic rings. The molecule has 1 aliphatic heterocycles. The monoisotopic (exact) mass is 464 g/mol. The number of carbonyl (C=O) groups is 1. The highest BCUT2D eigenvalue weighted by atomic mass is 16.5. The quantitative estimate of drug-likeness (QED) is 0.229. The maximum atomic E-state index is 12.6. The Morgan fingerprint density at radius 2 is 1.88 bits per heavy atom. The summed E-state index contributed by atoms with van der Waals surface area (Å²) in [4.78, 5) is 12.6. The van der Waals surface area contributed by atoms with Crippen LogP contribution in [0.1, 0.15) is 55.1 Å². The lowest BCUT2D eigenvalue weighted by atomic mass is 9.95. The number of esters is 1. The van der Waals surface area contributed by atoms with E-state index in [0.29, 0.717) is 45.6 Å². The minimum absolute atomic E-state index is 0.0539. The third kappa shape index (κ3) is 4.09. The van der Waals surface area contributed by atoms with Gasteiger partial charge in [-0.25, -0.2) is 4.79 Å². The standard InChI is InChI=1S/C27H28O7/c1-14(2)6-5-7-15(3)8-10-18-23(29)24(30)22(27(31)32-4)21-19-13-33-20-12-16(28)9-11-17(20)25(19)34-26(18)21/h6,8-9,11-12,28-30H,5,7,10,13H2,1-4H3. The molecule has 0 fully saturated rings. The van der Waals surface area contributed by atoms with Gasteiger partial charge in [-0.05, 0) is 52.2 Å². The molecule has 0 spiro atoms. The summed E-state index contributed by atoms with van der Waals surface area (Å²) in [7, 11) is 1.21. The predicted molar refractivity (Wildman–Crippen MR) is 128 cm³/mol. The summed E-state index contributed by atoms with van der Waals surface area (Å²) in [6.07, 6.45) is 6.22. The smallest absolute Gasteiger partial charge is 0.342 e. The molecule has 4 rings (SSSR count). The van der Waals surface area contributed by atoms with Crippen LogP contribution in [-0.4, -0.2) is 28.4 Å². The molecule has 34 heavy (non-hydrogen) atoms. The number of phenolic OH excluding ortho intramolecular Hbond substituents is 3. The summed E-state index contributed by atoms with van der Waals surface area (Å²) >= 11 is 0. The van der Waals surface area contributed by atoms with Crippen LogP contribution in [-0.2, 0) is 17.8 Å². The van der Waals surface area contributed by atoms with Crippen molar-refractivity contribution in [1.29, 1.82) is 0 Å². The van der Waals surface area contributed by atoms with E-state index in [1.165, 1.54) is 24.8 Å². The van der Waals surface area contributed by atoms with Gasteiger partial charge in [-0.15, -0.1) is 0 Å². The van der Waals surface area contributed by atoms with Gasteiger partial charge in [-0.3, -0.25) is 0 Å². The Bertz CT molecular complexity index is 1340. The Hall–Kier alpha value is -3.87. The van der Waals surface area contributed by atoms with E-state index < -0.39 is 17.5 Å². The van der Waals surface area contributed by atoms with Crippen molar-refractivity contribution in [3.8, 4) is 34.3 Å². The SMILES string of the molecule is COC(=O)c1c(O)c(O)c(CC=C(C)CCC=C(C)C)c2oc3c(c12)COc1cc(O)ccc1-3. The Kier molecular flexibility index (Phi) is 6.28. The molecule has 0 amide bonds. The van der Waals surface area contributed by atoms with E-state index in [-0.39, 0.29) is 17.9 Å². The molecule has 2 heterocycles. The van der Waals surface area contributed by atoms with Gasteiger partial charge in [-0.1, -0.05) is 23.3 Å². The normalized spacial score (nSPS) is 12.6. The minimum Gasteiger partial charge on any atom is -0.508 e. The fraction of sp³-hybridized carbons (Fsp3) is 0.296. The van der Waals surface area contributed by atoms with Crippen LogP contribution in [0.3, 0.4) is 0 Å². The predicted octanol–water partition coefficient (Wildman–Crippen LogP) is 6.13. The van der Waals surface area contributed by atoms with Gasteiger partial charge in [0.05, 0.1) is 12.7 Å². The topological polar surface area (TPSA) is 109 Å². The summed E-state index contributed by atoms with van der Waals surface area (Å²) in [6.45, 7) is 6.19. The highest BCUT2D eigenvalue weighted by Crippen LogP contribution is 2.50. The van der Waals surface area contributed by atoms with Crippen molar-refractivity contribution in [1.82, 2.24) is 0 Å². The maximum absolute atomic E-state index is 12.6. The van der Waals surface area contributed by atoms with Crippen LogP contribution < -0.4 is 4.74 Å². The van der Waals surface area contributed by atoms with E-state index in [1.54, 1.807) is 6.07 Å². The van der Waals surface area contributed by atoms with E-state index in [4.69, 9.17) is 13.9 Å². The van der Waals surface area contributed by atoms with Crippen molar-refractivity contribution in [2.24, 2.45) is 0 Å². The van der Waals surface area contributed by atoms with E-state index in [2.05, 4.69) is 19.9 Å². The second kappa shape index (κ2) is 9.17. The average Bonchev–Trinajstić information content (AvgIpc) is 3.17. The van der Waals surface area contributed by atoms with E-state index >= 15 is 0 Å². The lowest BCUT2D eigenvalue weighted by Gasteiger charge is -2.17. The maximum Gasteiger partial charge on any atom is 0.342 e. The van der Waals surface area contributed by atoms with Crippen LogP contribution in [0, 0.1) is 0 Å². The van der Waals surface area contributed by atoms with Crippen molar-refractivity contribution in [2.75, 3.05) is 7.11 Å². The third-order valence-electron chi connectivity index (χ3n) is 6.00. The number of methoxy groups -OCH3 is 1. The highest BCUT2D eigenvalue weighted by molar-refractivity contribution is 6.11. The molecular formula is C27H28O7. The fourth-order valence-corrected chi connectivity index (χ4v) is 4.21. The Balaban J connectivity index is 1.89. The minimum atomic E-state index is -0.794. The number of phenols is 3. The second-order valence-corrected chi connectivity index (χ2v) is 8.70. The molecule has 0 bridgehead atoms. The highest BCUT2D eigenvalue weighted by Gasteiger charge is 2.33. The lowest BCUT2D eigenvalue weighted by molar-refractivity contribution is 0.0599. The number of fused-ring (bicyclic) bond motifs is 5. The van der Waals surface area contributed by atoms with Gasteiger partial charge < -0.3 is 29.2 Å². The van der Waals surface area contributed by atoms with Crippen molar-refractivity contribution in [3.63, 3.8) is 0 Å². The van der Waals surface area contributed by atoms with Crippen molar-refractivity contribution < 1.29 is 34.0 Å². The van der Waals surface area contributed by atoms with Gasteiger partial charge in [0.15, 0.2) is 11.5 Å². The van der Waals surface area contributed by atoms with Gasteiger partial charge in [0.1, 0.15) is 35.0 Å². The molecule has 0 aliphatic carbocycles. The Labute approximate surface area is 197 Å². The van der Waals surface area contributed by atoms with Crippen LogP contribution in [0.4, 0.5) is 0 Å². The zero-order valence-corrected chi connectivity index (χ0v) is 19.7. The molecule has 0 radical (unpaired) electrons. The van der Waals surface area contributed by atoms with Gasteiger partial charge in [-0.2, -0.15) is 0 Å². The number of hydrogen-bond donors (Lipinski definition) is 3. The van der Waals surface area contributed by atoms with Gasteiger partial charge in [0, 0.05) is 22.6 Å². The van der Waals surface area contributed by atoms with Gasteiger partial charge in [0.2, 0.25) is 0 Å². The number of ether oxygens (including phenoxy) is 2. The number of aromatic hydroxyl groups is 3. The number of furan rings is 1. The molecule has 178 valence electrons. The number of carbonyl (C=O) groups excluding carboxylic acids is 1. The van der Waals surface area contributed by atoms with Crippen molar-refractivity contribution in [3.05, 3.63) is 58.2 Å². The molecule has 2 aromatic carbocycles. The summed E-state index contributed by atoms with van der Waals surface area (Å²) in [5.74, 6) is -0.812. The van der Waals surface area contributed by atoms with Crippen LogP contribution in [0.2, 0.25) is 0 Å². The van der Waals surface area contributed by atoms with Gasteiger partial charge >= 0.3 is 5.97 Å². The van der Waals surface area contributed by atoms with E-state index in [0.717, 1.165) is 18.4 Å². The average molecular weight is 465 g/mol. The summed E-state index contributed by atoms with van der Waals surface area (Å²) in [6, 6.07) is 4.66. The third-order valence-corrected chi connectivity index (χ3v) is 6.00. The number of hydrogen-bond acceptors (Lipinski definition) is 7. The summed E-state index contributed by atoms with van der Waals surface area (Å²) in [5, 5.41) is 31.8. The molecule has 0 unspecified atom stereocenters. The molecule has 3 N–H and O–H groups in total. The molecule has 3 aromatic rings. The molecule has 0 saturated heterocycles. The largest absolute Gasteiger partial charge is 0.508 e. The fourth-order valence-electron chi connectivity index (χ4n) is 4.21. The van der Waals surface area contributed by atoms with E-state index in [1.807, 2.05) is 13.0 Å². The first-order valence-corrected chi connectivity index (χ1v) is 11.1. The zero-order chi connectivity index (χ0) is 24.6. The number of allylic oxidation sites excluding steroid dienone is 4. The van der Waals surface area contributed by atoms with Gasteiger partial charge in [0.25, 0.3) is 0 Å². The number of rotatable bonds is 6. The summed E-state index contributed by atoms with van der Waals surface area (Å²) in [5.41, 5.74) is 4.04. The molecular weight excluding hydrogens is 436 g/mol. The first-order chi connectivity index (χ1) is 16.2. The molecule has 0 atom stereocenters. The van der Waals surface area contributed by atoms with Crippen LogP contribution >= 0.6 is 0 Å². The molecule has 7 heteroatoms. The second-order valence-electron chi connectivity index (χ2n) is 8.70. The first kappa shape index (κ1) is 23.3. The lowest BCUT2D eigenvalue weighted by Crippen LogP contribution is -2.07. The van der Waals surface area contributed by atoms with Crippen LogP contribution in [0.5, 0.6) is 23.0 Å². The Morgan fingerprint density at radius 3 is 2.59 bits per heavy atom. The van der Waals surface area contributed by atoms with Crippen LogP contribution in [0.25, 0.3) is 22.3 Å². The molecule has 7 nitrogen and oxygen atoms in total. The van der Waals surface area contributed by atoms with Crippen molar-refractivity contribution in [2.45, 2.75) is 46.6 Å². The first-order valence-electron chi connectivity index (χ1n) is 11.1. The van der Waals surface area contributed by atoms with E-state index in [9.17, 15) is 20.1 Å².